The number of unbranched alkanes of at least 4 members (excludes halogenated alkanes) is 8. The molecule has 0 aromatic carbocycles. The highest BCUT2D eigenvalue weighted by molar-refractivity contribution is 5.87. The Kier molecular flexibility index (Phi) is 19.0. The predicted molar refractivity (Wildman–Crippen MR) is 116 cm³/mol. The van der Waals surface area contributed by atoms with Gasteiger partial charge in [-0.1, -0.05) is 76.8 Å². The van der Waals surface area contributed by atoms with E-state index in [0.29, 0.717) is 5.92 Å². The molecule has 26 heavy (non-hydrogen) atoms. The van der Waals surface area contributed by atoms with Gasteiger partial charge in [0.25, 0.3) is 0 Å². The van der Waals surface area contributed by atoms with E-state index in [1.54, 1.807) is 6.08 Å². The Morgan fingerprint density at radius 2 is 1.42 bits per heavy atom. The standard InChI is InChI=1S/C24H43NO/c1-4-5-6-7-8-9-10-11-12-13-14-15-16-17-18-21-24(26)25-22-19-20-23(2)3/h8-9,16-18,21,23H,4-7,10-15,19-20,22H2,1-3H3,(H,25,26). The molecule has 0 aliphatic carbocycles. The minimum Gasteiger partial charge on any atom is -0.353 e. The molecule has 1 N–H and O–H groups in total. The van der Waals surface area contributed by atoms with Gasteiger partial charge in [-0.05, 0) is 57.3 Å². The van der Waals surface area contributed by atoms with Crippen LogP contribution in [0, 0.1) is 5.92 Å². The van der Waals surface area contributed by atoms with Crippen molar-refractivity contribution in [2.45, 2.75) is 97.8 Å². The van der Waals surface area contributed by atoms with Gasteiger partial charge in [-0.2, -0.15) is 0 Å². The van der Waals surface area contributed by atoms with Crippen molar-refractivity contribution in [1.82, 2.24) is 5.32 Å². The van der Waals surface area contributed by atoms with E-state index in [1.165, 1.54) is 64.2 Å². The van der Waals surface area contributed by atoms with Crippen molar-refractivity contribution < 1.29 is 4.79 Å². The number of hydrogen-bond donors (Lipinski definition) is 1. The van der Waals surface area contributed by atoms with Crippen molar-refractivity contribution in [3.05, 3.63) is 36.5 Å². The van der Waals surface area contributed by atoms with Gasteiger partial charge in [-0.3, -0.25) is 4.79 Å². The average Bonchev–Trinajstić information content (AvgIpc) is 2.62. The molecule has 2 heteroatoms. The van der Waals surface area contributed by atoms with Crippen LogP contribution in [-0.4, -0.2) is 12.5 Å². The molecule has 0 unspecified atom stereocenters. The van der Waals surface area contributed by atoms with Crippen molar-refractivity contribution in [3.63, 3.8) is 0 Å². The fourth-order valence-corrected chi connectivity index (χ4v) is 2.72. The number of hydrogen-bond acceptors (Lipinski definition) is 1. The van der Waals surface area contributed by atoms with Crippen LogP contribution in [0.4, 0.5) is 0 Å². The fourth-order valence-electron chi connectivity index (χ4n) is 2.72. The van der Waals surface area contributed by atoms with Gasteiger partial charge in [0.15, 0.2) is 0 Å². The van der Waals surface area contributed by atoms with Crippen molar-refractivity contribution in [2.75, 3.05) is 6.54 Å². The van der Waals surface area contributed by atoms with Gasteiger partial charge in [0.2, 0.25) is 5.91 Å². The summed E-state index contributed by atoms with van der Waals surface area (Å²) in [5, 5.41) is 2.92. The van der Waals surface area contributed by atoms with E-state index in [2.05, 4.69) is 44.3 Å². The molecule has 0 rings (SSSR count). The summed E-state index contributed by atoms with van der Waals surface area (Å²) in [5.74, 6) is 0.721. The number of rotatable bonds is 17. The van der Waals surface area contributed by atoms with E-state index in [-0.39, 0.29) is 5.91 Å². The quantitative estimate of drug-likeness (QED) is 0.127. The Morgan fingerprint density at radius 3 is 2.04 bits per heavy atom. The summed E-state index contributed by atoms with van der Waals surface area (Å²) in [6, 6.07) is 0. The van der Waals surface area contributed by atoms with Gasteiger partial charge < -0.3 is 5.32 Å². The van der Waals surface area contributed by atoms with E-state index >= 15 is 0 Å². The van der Waals surface area contributed by atoms with Crippen molar-refractivity contribution in [3.8, 4) is 0 Å². The van der Waals surface area contributed by atoms with Crippen LogP contribution in [0.15, 0.2) is 36.5 Å². The number of amides is 1. The van der Waals surface area contributed by atoms with Crippen LogP contribution in [0.2, 0.25) is 0 Å². The van der Waals surface area contributed by atoms with Crippen molar-refractivity contribution in [1.29, 1.82) is 0 Å². The number of carbonyl (C=O) groups excluding carboxylic acids is 1. The number of allylic oxidation sites excluding steroid dienone is 5. The molecule has 0 aliphatic rings. The molecule has 0 fully saturated rings. The zero-order valence-electron chi connectivity index (χ0n) is 17.6. The molecule has 150 valence electrons. The van der Waals surface area contributed by atoms with E-state index in [9.17, 15) is 4.79 Å². The van der Waals surface area contributed by atoms with Crippen LogP contribution < -0.4 is 5.32 Å². The normalized spacial score (nSPS) is 12.2. The highest BCUT2D eigenvalue weighted by Gasteiger charge is 1.96. The molecule has 2 nitrogen and oxygen atoms in total. The van der Waals surface area contributed by atoms with E-state index in [0.717, 1.165) is 19.4 Å². The van der Waals surface area contributed by atoms with Crippen LogP contribution in [0.3, 0.4) is 0 Å². The van der Waals surface area contributed by atoms with Crippen LogP contribution in [0.1, 0.15) is 97.8 Å². The Morgan fingerprint density at radius 1 is 0.808 bits per heavy atom. The summed E-state index contributed by atoms with van der Waals surface area (Å²) in [6.07, 6.45) is 27.3. The molecule has 0 aromatic rings. The third-order valence-electron chi connectivity index (χ3n) is 4.38. The molecule has 0 aliphatic heterocycles. The molecular formula is C24H43NO. The van der Waals surface area contributed by atoms with Crippen LogP contribution in [-0.2, 0) is 4.79 Å². The lowest BCUT2D eigenvalue weighted by molar-refractivity contribution is -0.116. The molecule has 0 aromatic heterocycles. The summed E-state index contributed by atoms with van der Waals surface area (Å²) >= 11 is 0. The van der Waals surface area contributed by atoms with Crippen LogP contribution >= 0.6 is 0 Å². The highest BCUT2D eigenvalue weighted by atomic mass is 16.1. The molecule has 0 bridgehead atoms. The third-order valence-corrected chi connectivity index (χ3v) is 4.38. The topological polar surface area (TPSA) is 29.1 Å². The minimum absolute atomic E-state index is 0.0150. The molecule has 0 radical (unpaired) electrons. The SMILES string of the molecule is CCCCCC=CCCCCCCC=CC=CC(=O)NCCCC(C)C. The summed E-state index contributed by atoms with van der Waals surface area (Å²) in [4.78, 5) is 11.6. The zero-order chi connectivity index (χ0) is 19.3. The summed E-state index contributed by atoms with van der Waals surface area (Å²) in [6.45, 7) is 7.44. The lowest BCUT2D eigenvalue weighted by Gasteiger charge is -2.04. The third kappa shape index (κ3) is 20.7. The maximum Gasteiger partial charge on any atom is 0.243 e. The van der Waals surface area contributed by atoms with Crippen LogP contribution in [0.5, 0.6) is 0 Å². The van der Waals surface area contributed by atoms with E-state index < -0.39 is 0 Å². The average molecular weight is 362 g/mol. The molecule has 0 saturated carbocycles. The number of carbonyl (C=O) groups is 1. The molecular weight excluding hydrogens is 318 g/mol. The molecule has 0 spiro atoms. The lowest BCUT2D eigenvalue weighted by atomic mass is 10.1. The molecule has 0 atom stereocenters. The van der Waals surface area contributed by atoms with Crippen molar-refractivity contribution in [2.24, 2.45) is 5.92 Å². The van der Waals surface area contributed by atoms with Gasteiger partial charge in [0.1, 0.15) is 0 Å². The summed E-state index contributed by atoms with van der Waals surface area (Å²) in [5.41, 5.74) is 0. The first-order valence-corrected chi connectivity index (χ1v) is 10.9. The van der Waals surface area contributed by atoms with Crippen LogP contribution in [0.25, 0.3) is 0 Å². The van der Waals surface area contributed by atoms with Gasteiger partial charge in [-0.15, -0.1) is 0 Å². The molecule has 0 heterocycles. The second-order valence-electron chi connectivity index (χ2n) is 7.57. The Bertz CT molecular complexity index is 393. The maximum absolute atomic E-state index is 11.6. The molecule has 0 saturated heterocycles. The maximum atomic E-state index is 11.6. The second kappa shape index (κ2) is 20.0. The van der Waals surface area contributed by atoms with E-state index in [1.807, 2.05) is 12.2 Å². The first-order chi connectivity index (χ1) is 12.7. The summed E-state index contributed by atoms with van der Waals surface area (Å²) in [7, 11) is 0. The largest absolute Gasteiger partial charge is 0.353 e. The second-order valence-corrected chi connectivity index (χ2v) is 7.57. The highest BCUT2D eigenvalue weighted by Crippen LogP contribution is 2.07. The fraction of sp³-hybridized carbons (Fsp3) is 0.708. The number of nitrogens with one attached hydrogen (secondary N) is 1. The zero-order valence-corrected chi connectivity index (χ0v) is 17.6. The monoisotopic (exact) mass is 361 g/mol. The summed E-state index contributed by atoms with van der Waals surface area (Å²) < 4.78 is 0. The van der Waals surface area contributed by atoms with Gasteiger partial charge in [-0.25, -0.2) is 0 Å². The minimum atomic E-state index is 0.0150. The smallest absolute Gasteiger partial charge is 0.243 e. The van der Waals surface area contributed by atoms with Gasteiger partial charge in [0.05, 0.1) is 0 Å². The van der Waals surface area contributed by atoms with E-state index in [4.69, 9.17) is 0 Å². The predicted octanol–water partition coefficient (Wildman–Crippen LogP) is 7.13. The Hall–Kier alpha value is -1.31. The first kappa shape index (κ1) is 24.7. The molecule has 1 amide bonds. The van der Waals surface area contributed by atoms with Gasteiger partial charge >= 0.3 is 0 Å². The van der Waals surface area contributed by atoms with Gasteiger partial charge in [0, 0.05) is 12.6 Å². The van der Waals surface area contributed by atoms with Crippen molar-refractivity contribution >= 4 is 5.91 Å². The Balaban J connectivity index is 3.40. The first-order valence-electron chi connectivity index (χ1n) is 10.9. The Labute approximate surface area is 163 Å². The lowest BCUT2D eigenvalue weighted by Crippen LogP contribution is -2.22.